The van der Waals surface area contributed by atoms with E-state index in [1.54, 1.807) is 0 Å². The summed E-state index contributed by atoms with van der Waals surface area (Å²) in [7, 11) is 0. The average molecular weight is 888 g/mol. The van der Waals surface area contributed by atoms with Gasteiger partial charge in [-0.25, -0.2) is 0 Å². The molecule has 0 fully saturated rings. The zero-order valence-corrected chi connectivity index (χ0v) is 43.3. The number of fused-ring (bicyclic) bond motifs is 3. The zero-order valence-electron chi connectivity index (χ0n) is 43.3. The van der Waals surface area contributed by atoms with E-state index in [0.29, 0.717) is 0 Å². The van der Waals surface area contributed by atoms with Crippen LogP contribution in [0.5, 0.6) is 0 Å². The summed E-state index contributed by atoms with van der Waals surface area (Å²) in [5.74, 6) is 0. The van der Waals surface area contributed by atoms with E-state index in [1.165, 1.54) is 88.7 Å². The third-order valence-corrected chi connectivity index (χ3v) is 13.8. The van der Waals surface area contributed by atoms with Gasteiger partial charge in [-0.05, 0) is 174 Å². The van der Waals surface area contributed by atoms with Crippen molar-refractivity contribution in [2.75, 3.05) is 0 Å². The minimum absolute atomic E-state index is 0.147. The van der Waals surface area contributed by atoms with Crippen LogP contribution in [0.1, 0.15) is 119 Å². The van der Waals surface area contributed by atoms with E-state index in [2.05, 4.69) is 234 Å². The third-order valence-electron chi connectivity index (χ3n) is 13.8. The van der Waals surface area contributed by atoms with Gasteiger partial charge in [0.1, 0.15) is 10.4 Å². The van der Waals surface area contributed by atoms with Crippen LogP contribution in [0.2, 0.25) is 0 Å². The molecule has 3 aromatic heterocycles. The normalized spacial score (nSPS) is 12.3. The Labute approximate surface area is 398 Å². The van der Waals surface area contributed by atoms with E-state index in [1.807, 2.05) is 0 Å². The highest BCUT2D eigenvalue weighted by Crippen LogP contribution is 2.43. The Balaban J connectivity index is 1.44. The lowest BCUT2D eigenvalue weighted by Gasteiger charge is -2.21. The number of aromatic nitrogens is 7. The van der Waals surface area contributed by atoms with Crippen LogP contribution in [0.4, 0.5) is 0 Å². The van der Waals surface area contributed by atoms with Gasteiger partial charge in [0.15, 0.2) is 35.1 Å². The Hall–Kier alpha value is -6.60. The van der Waals surface area contributed by atoms with E-state index < -0.39 is 0 Å². The number of aromatic amines is 1. The molecule has 3 heterocycles. The topological polar surface area (TPSA) is 59.2 Å². The average Bonchev–Trinajstić information content (AvgIpc) is 3.91. The molecular formula is C60H69N7+2. The van der Waals surface area contributed by atoms with Gasteiger partial charge in [-0.15, -0.1) is 9.36 Å². The highest BCUT2D eigenvalue weighted by Gasteiger charge is 2.33. The van der Waals surface area contributed by atoms with E-state index in [4.69, 9.17) is 10.4 Å². The SMILES string of the molecule is Cc1cc(C)c(-n2cc(-c3cc(C(C)(C)C)cc4c3[nH]c3c(-c5c[n+](-c6c(C)cc(C)cc6C)nn5-c5c(C)cc(C)cc5C)cc(C(C)(C)C)cc34)[n+](-c3c(C)cc(C)cc3C)n2)c(C)c1. The second-order valence-electron chi connectivity index (χ2n) is 22.0. The number of hydrogen-bond acceptors (Lipinski definition) is 2. The molecule has 9 aromatic rings. The molecule has 0 amide bonds. The van der Waals surface area contributed by atoms with Gasteiger partial charge in [-0.3, -0.25) is 0 Å². The first-order valence-electron chi connectivity index (χ1n) is 23.9. The quantitative estimate of drug-likeness (QED) is 0.169. The molecule has 0 aliphatic carbocycles. The lowest BCUT2D eigenvalue weighted by molar-refractivity contribution is -0.661. The molecule has 7 heteroatoms. The molecule has 7 nitrogen and oxygen atoms in total. The van der Waals surface area contributed by atoms with Crippen molar-refractivity contribution in [1.82, 2.24) is 24.8 Å². The maximum absolute atomic E-state index is 5.52. The summed E-state index contributed by atoms with van der Waals surface area (Å²) >= 11 is 0. The Kier molecular flexibility index (Phi) is 10.9. The molecular weight excluding hydrogens is 819 g/mol. The number of H-pyrrole nitrogens is 1. The Bertz CT molecular complexity index is 3170. The minimum Gasteiger partial charge on any atom is -0.353 e. The second-order valence-corrected chi connectivity index (χ2v) is 22.0. The largest absolute Gasteiger partial charge is 0.353 e. The molecule has 67 heavy (non-hydrogen) atoms. The van der Waals surface area contributed by atoms with Gasteiger partial charge in [0.05, 0.1) is 22.2 Å². The van der Waals surface area contributed by atoms with Crippen LogP contribution in [0.25, 0.3) is 67.1 Å². The second kappa shape index (κ2) is 16.0. The van der Waals surface area contributed by atoms with Gasteiger partial charge >= 0.3 is 0 Å². The first kappa shape index (κ1) is 45.6. The Morgan fingerprint density at radius 3 is 1.31 bits per heavy atom. The summed E-state index contributed by atoms with van der Waals surface area (Å²) < 4.78 is 8.62. The predicted octanol–water partition coefficient (Wildman–Crippen LogP) is 13.9. The molecule has 0 saturated heterocycles. The molecule has 0 spiro atoms. The summed E-state index contributed by atoms with van der Waals surface area (Å²) in [4.78, 5) is 4.16. The van der Waals surface area contributed by atoms with E-state index in [9.17, 15) is 0 Å². The molecule has 0 aliphatic heterocycles. The maximum atomic E-state index is 5.52. The van der Waals surface area contributed by atoms with E-state index in [0.717, 1.165) is 56.3 Å². The van der Waals surface area contributed by atoms with Gasteiger partial charge in [-0.1, -0.05) is 122 Å². The summed E-state index contributed by atoms with van der Waals surface area (Å²) in [5, 5.41) is 13.4. The first-order chi connectivity index (χ1) is 31.4. The van der Waals surface area contributed by atoms with Crippen LogP contribution in [0, 0.1) is 83.1 Å². The summed E-state index contributed by atoms with van der Waals surface area (Å²) in [5.41, 5.74) is 27.5. The molecule has 0 atom stereocenters. The van der Waals surface area contributed by atoms with E-state index in [-0.39, 0.29) is 10.8 Å². The van der Waals surface area contributed by atoms with Crippen LogP contribution in [0.15, 0.2) is 85.2 Å². The number of aryl methyl sites for hydroxylation is 12. The smallest absolute Gasteiger partial charge is 0.207 e. The van der Waals surface area contributed by atoms with Crippen molar-refractivity contribution in [2.24, 2.45) is 0 Å². The van der Waals surface area contributed by atoms with E-state index >= 15 is 0 Å². The first-order valence-corrected chi connectivity index (χ1v) is 23.9. The van der Waals surface area contributed by atoms with Crippen LogP contribution in [0.3, 0.4) is 0 Å². The van der Waals surface area contributed by atoms with Crippen molar-refractivity contribution in [3.63, 3.8) is 0 Å². The highest BCUT2D eigenvalue weighted by atomic mass is 15.5. The molecule has 9 rings (SSSR count). The van der Waals surface area contributed by atoms with Crippen LogP contribution in [-0.2, 0) is 10.8 Å². The molecule has 0 unspecified atom stereocenters. The fourth-order valence-electron chi connectivity index (χ4n) is 11.1. The van der Waals surface area contributed by atoms with Gasteiger partial charge in [0.25, 0.3) is 0 Å². The molecule has 0 bridgehead atoms. The molecule has 342 valence electrons. The highest BCUT2D eigenvalue weighted by molar-refractivity contribution is 6.15. The Morgan fingerprint density at radius 2 is 0.851 bits per heavy atom. The number of rotatable bonds is 6. The van der Waals surface area contributed by atoms with Crippen molar-refractivity contribution in [2.45, 2.75) is 135 Å². The van der Waals surface area contributed by atoms with Gasteiger partial charge in [0, 0.05) is 10.8 Å². The molecule has 0 aliphatic rings. The van der Waals surface area contributed by atoms with Gasteiger partial charge in [0.2, 0.25) is 11.4 Å². The van der Waals surface area contributed by atoms with Crippen molar-refractivity contribution >= 4 is 21.8 Å². The lowest BCUT2D eigenvalue weighted by Crippen LogP contribution is -2.38. The van der Waals surface area contributed by atoms with Crippen molar-refractivity contribution < 1.29 is 9.36 Å². The van der Waals surface area contributed by atoms with Crippen molar-refractivity contribution in [1.29, 1.82) is 0 Å². The molecule has 1 N–H and O–H groups in total. The van der Waals surface area contributed by atoms with Crippen LogP contribution in [-0.4, -0.2) is 24.8 Å². The van der Waals surface area contributed by atoms with Crippen molar-refractivity contribution in [3.8, 4) is 45.3 Å². The molecule has 0 radical (unpaired) electrons. The maximum Gasteiger partial charge on any atom is 0.207 e. The van der Waals surface area contributed by atoms with Crippen LogP contribution < -0.4 is 9.36 Å². The van der Waals surface area contributed by atoms with Crippen LogP contribution >= 0.6 is 0 Å². The van der Waals surface area contributed by atoms with Gasteiger partial charge in [-0.2, -0.15) is 0 Å². The number of nitrogens with zero attached hydrogens (tertiary/aromatic N) is 6. The number of benzene rings is 6. The summed E-state index contributed by atoms with van der Waals surface area (Å²) in [6.45, 7) is 40.3. The van der Waals surface area contributed by atoms with Crippen molar-refractivity contribution in [3.05, 3.63) is 163 Å². The summed E-state index contributed by atoms with van der Waals surface area (Å²) in [6, 6.07) is 27.8. The van der Waals surface area contributed by atoms with Gasteiger partial charge < -0.3 is 4.98 Å². The predicted molar refractivity (Wildman–Crippen MR) is 278 cm³/mol. The standard InChI is InChI=1S/C60H69N7/c1-33-19-37(5)55(38(6)20-33)64-31-51(66(62-64)57-41(9)23-35(3)24-42(57)10)49-29-45(59(13,14)15)27-47-48-28-46(60(16,17)18)30-50(54(48)61-53(47)49)52-32-65(56-39(7)21-34(2)22-40(56)8)63-67(52)58-43(11)25-36(4)26-44(58)12/h19-32,61H,1-18H3/q+2. The molecule has 0 saturated carbocycles. The fraction of sp³-hybridized carbons (Fsp3) is 0.333. The monoisotopic (exact) mass is 888 g/mol. The number of hydrogen-bond donors (Lipinski definition) is 1. The zero-order chi connectivity index (χ0) is 48.3. The fourth-order valence-corrected chi connectivity index (χ4v) is 11.1. The summed E-state index contributed by atoms with van der Waals surface area (Å²) in [6.07, 6.45) is 4.51. The molecule has 6 aromatic carbocycles. The Morgan fingerprint density at radius 1 is 0.448 bits per heavy atom. The lowest BCUT2D eigenvalue weighted by atomic mass is 9.83. The third kappa shape index (κ3) is 7.90. The number of nitrogens with one attached hydrogen (secondary N) is 1. The minimum atomic E-state index is -0.147.